The Kier molecular flexibility index (Phi) is 7.21. The molecule has 0 saturated carbocycles. The van der Waals surface area contributed by atoms with Crippen LogP contribution in [0.25, 0.3) is 0 Å². The number of methoxy groups -OCH3 is 1. The van der Waals surface area contributed by atoms with E-state index in [9.17, 15) is 8.42 Å². The van der Waals surface area contributed by atoms with E-state index >= 15 is 0 Å². The maximum atomic E-state index is 10.2. The number of ether oxygens (including phenoxy) is 1. The molecule has 0 aliphatic rings. The topological polar surface area (TPSA) is 72.8 Å². The minimum atomic E-state index is -4.33. The summed E-state index contributed by atoms with van der Waals surface area (Å²) in [5.74, 6) is 0.731. The van der Waals surface area contributed by atoms with Crippen LogP contribution in [0.5, 0.6) is 5.75 Å². The van der Waals surface area contributed by atoms with E-state index in [1.807, 2.05) is 0 Å². The van der Waals surface area contributed by atoms with Crippen LogP contribution in [-0.4, -0.2) is 26.7 Å². The van der Waals surface area contributed by atoms with Crippen LogP contribution < -0.4 is 34.3 Å². The molecule has 0 bridgehead atoms. The van der Waals surface area contributed by atoms with Gasteiger partial charge in [0, 0.05) is 0 Å². The van der Waals surface area contributed by atoms with Gasteiger partial charge < -0.3 is 6.16 Å². The summed E-state index contributed by atoms with van der Waals surface area (Å²) in [6.45, 7) is -0.0782. The predicted molar refractivity (Wildman–Crippen MR) is 55.3 cm³/mol. The Morgan fingerprint density at radius 1 is 1.31 bits per heavy atom. The Morgan fingerprint density at radius 3 is 2.31 bits per heavy atom. The normalized spacial score (nSPS) is 10.6. The largest absolute Gasteiger partial charge is 1.00 e. The van der Waals surface area contributed by atoms with E-state index in [0.717, 1.165) is 11.3 Å². The van der Waals surface area contributed by atoms with E-state index in [0.29, 0.717) is 6.42 Å². The first-order valence-electron chi connectivity index (χ1n) is 4.26. The van der Waals surface area contributed by atoms with Gasteiger partial charge in [0.2, 0.25) is 0 Å². The van der Waals surface area contributed by atoms with Crippen LogP contribution in [0.1, 0.15) is 6.99 Å². The molecule has 16 heavy (non-hydrogen) atoms. The minimum Gasteiger partial charge on any atom is -1.00 e. The van der Waals surface area contributed by atoms with Gasteiger partial charge >= 0.3 is 40.0 Å². The van der Waals surface area contributed by atoms with Crippen LogP contribution in [-0.2, 0) is 21.0 Å². The number of hydrogen-bond donors (Lipinski definition) is 1. The second kappa shape index (κ2) is 7.26. The first-order chi connectivity index (χ1) is 7.01. The average molecular weight is 256 g/mol. The molecule has 0 spiro atoms. The van der Waals surface area contributed by atoms with Gasteiger partial charge in [-0.2, -0.15) is 8.42 Å². The molecule has 1 aromatic rings. The first-order valence-corrected chi connectivity index (χ1v) is 5.62. The zero-order valence-electron chi connectivity index (χ0n) is 10.2. The molecular weight excluding hydrogens is 243 g/mol. The maximum Gasteiger partial charge on any atom is 1.00 e. The van der Waals surface area contributed by atoms with Crippen LogP contribution in [0.2, 0.25) is 0 Å². The fourth-order valence-electron chi connectivity index (χ4n) is 1.06. The van der Waals surface area contributed by atoms with Gasteiger partial charge in [-0.1, -0.05) is 12.1 Å². The zero-order valence-corrected chi connectivity index (χ0v) is 12.0. The maximum absolute atomic E-state index is 10.2. The Balaban J connectivity index is 0. The molecule has 0 amide bonds. The number of hydrogen-bond acceptors (Lipinski definition) is 4. The third-order valence-electron chi connectivity index (χ3n) is 1.78. The van der Waals surface area contributed by atoms with Crippen LogP contribution in [0.15, 0.2) is 24.3 Å². The van der Waals surface area contributed by atoms with E-state index in [-0.39, 0.29) is 37.6 Å². The summed E-state index contributed by atoms with van der Waals surface area (Å²) in [4.78, 5) is 0. The van der Waals surface area contributed by atoms with Crippen molar-refractivity contribution in [2.75, 3.05) is 13.7 Å². The molecule has 0 aliphatic carbocycles. The van der Waals surface area contributed by atoms with Crippen molar-refractivity contribution in [2.24, 2.45) is 0 Å². The number of rotatable bonds is 5. The molecule has 1 aromatic carbocycles. The Labute approximate surface area is 118 Å². The fourth-order valence-corrected chi connectivity index (χ4v) is 1.35. The standard InChI is InChI=1S/C9H12O5S.Na.H/c1-13-9-4-2-8(3-5-9)6-7-14-15(10,11)12;;/h2-5H,6-7H2,1H3,(H,10,11,12);;/q;+1;-1. The first kappa shape index (κ1) is 15.9. The molecule has 0 radical (unpaired) electrons. The molecule has 0 heterocycles. The van der Waals surface area contributed by atoms with Crippen molar-refractivity contribution in [1.82, 2.24) is 0 Å². The summed E-state index contributed by atoms with van der Waals surface area (Å²) in [5, 5.41) is 0. The van der Waals surface area contributed by atoms with E-state index in [1.165, 1.54) is 0 Å². The van der Waals surface area contributed by atoms with Crippen molar-refractivity contribution in [2.45, 2.75) is 6.42 Å². The van der Waals surface area contributed by atoms with E-state index in [4.69, 9.17) is 9.29 Å². The third-order valence-corrected chi connectivity index (χ3v) is 2.25. The molecule has 0 unspecified atom stereocenters. The molecule has 0 atom stereocenters. The summed E-state index contributed by atoms with van der Waals surface area (Å²) < 4.78 is 37.9. The average Bonchev–Trinajstić information content (AvgIpc) is 2.17. The summed E-state index contributed by atoms with van der Waals surface area (Å²) in [5.41, 5.74) is 0.902. The Morgan fingerprint density at radius 2 is 1.88 bits per heavy atom. The fraction of sp³-hybridized carbons (Fsp3) is 0.333. The summed E-state index contributed by atoms with van der Waals surface area (Å²) in [7, 11) is -2.77. The summed E-state index contributed by atoms with van der Waals surface area (Å²) in [6.07, 6.45) is 0.407. The van der Waals surface area contributed by atoms with Crippen LogP contribution in [0.4, 0.5) is 0 Å². The second-order valence-electron chi connectivity index (χ2n) is 2.85. The van der Waals surface area contributed by atoms with E-state index < -0.39 is 10.4 Å². The second-order valence-corrected chi connectivity index (χ2v) is 3.94. The molecule has 7 heteroatoms. The molecule has 5 nitrogen and oxygen atoms in total. The third kappa shape index (κ3) is 6.47. The molecule has 0 aromatic heterocycles. The van der Waals surface area contributed by atoms with Gasteiger partial charge in [-0.25, -0.2) is 4.18 Å². The molecule has 1 rings (SSSR count). The van der Waals surface area contributed by atoms with Gasteiger partial charge in [-0.3, -0.25) is 4.55 Å². The molecule has 86 valence electrons. The quantitative estimate of drug-likeness (QED) is 0.496. The van der Waals surface area contributed by atoms with Gasteiger partial charge in [0.15, 0.2) is 0 Å². The predicted octanol–water partition coefficient (Wildman–Crippen LogP) is -1.83. The van der Waals surface area contributed by atoms with E-state index in [2.05, 4.69) is 4.18 Å². The van der Waals surface area contributed by atoms with E-state index in [1.54, 1.807) is 31.4 Å². The Bertz CT molecular complexity index is 406. The van der Waals surface area contributed by atoms with Crippen LogP contribution in [0.3, 0.4) is 0 Å². The molecular formula is C9H13NaO5S. The van der Waals surface area contributed by atoms with Crippen molar-refractivity contribution in [3.05, 3.63) is 29.8 Å². The van der Waals surface area contributed by atoms with Crippen LogP contribution in [0, 0.1) is 0 Å². The van der Waals surface area contributed by atoms with Crippen molar-refractivity contribution >= 4 is 10.4 Å². The van der Waals surface area contributed by atoms with Crippen LogP contribution >= 0.6 is 0 Å². The van der Waals surface area contributed by atoms with Gasteiger partial charge in [-0.05, 0) is 24.1 Å². The Hall–Kier alpha value is -0.110. The summed E-state index contributed by atoms with van der Waals surface area (Å²) in [6, 6.07) is 7.13. The summed E-state index contributed by atoms with van der Waals surface area (Å²) >= 11 is 0. The molecule has 0 saturated heterocycles. The van der Waals surface area contributed by atoms with Gasteiger partial charge in [0.1, 0.15) is 5.75 Å². The minimum absolute atomic E-state index is 0. The monoisotopic (exact) mass is 256 g/mol. The SMILES string of the molecule is COc1ccc(CCOS(=O)(=O)O)cc1.[H-].[Na+]. The van der Waals surface area contributed by atoms with Gasteiger partial charge in [0.05, 0.1) is 13.7 Å². The molecule has 0 aliphatic heterocycles. The van der Waals surface area contributed by atoms with Gasteiger partial charge in [-0.15, -0.1) is 0 Å². The van der Waals surface area contributed by atoms with Gasteiger partial charge in [0.25, 0.3) is 0 Å². The number of benzene rings is 1. The van der Waals surface area contributed by atoms with Crippen molar-refractivity contribution in [3.63, 3.8) is 0 Å². The molecule has 1 N–H and O–H groups in total. The molecule has 0 fully saturated rings. The van der Waals surface area contributed by atoms with Crippen molar-refractivity contribution in [3.8, 4) is 5.75 Å². The zero-order chi connectivity index (χ0) is 11.3. The smallest absolute Gasteiger partial charge is 1.00 e. The van der Waals surface area contributed by atoms with Crippen molar-refractivity contribution < 1.29 is 52.9 Å². The van der Waals surface area contributed by atoms with Crippen molar-refractivity contribution in [1.29, 1.82) is 0 Å².